The maximum atomic E-state index is 8.50. The first kappa shape index (κ1) is 11.0. The van der Waals surface area contributed by atoms with Gasteiger partial charge in [-0.2, -0.15) is 5.26 Å². The Morgan fingerprint density at radius 2 is 2.31 bits per heavy atom. The smallest absolute Gasteiger partial charge is 0.168 e. The Morgan fingerprint density at radius 3 is 3.06 bits per heavy atom. The molecule has 0 spiro atoms. The lowest BCUT2D eigenvalue weighted by Gasteiger charge is -1.99. The van der Waals surface area contributed by atoms with Crippen LogP contribution in [0.25, 0.3) is 11.0 Å². The summed E-state index contributed by atoms with van der Waals surface area (Å²) in [7, 11) is 2.01. The molecule has 2 aromatic rings. The fraction of sp³-hybridized carbons (Fsp3) is 0.333. The Bertz CT molecular complexity index is 551. The first-order valence-electron chi connectivity index (χ1n) is 5.15. The van der Waals surface area contributed by atoms with Crippen LogP contribution in [0.5, 0.6) is 0 Å². The minimum absolute atomic E-state index is 0.562. The van der Waals surface area contributed by atoms with Gasteiger partial charge in [0.15, 0.2) is 5.16 Å². The lowest BCUT2D eigenvalue weighted by molar-refractivity contribution is 0.815. The molecule has 0 bridgehead atoms. The second-order valence-corrected chi connectivity index (χ2v) is 4.76. The van der Waals surface area contributed by atoms with Crippen LogP contribution in [0, 0.1) is 18.3 Å². The van der Waals surface area contributed by atoms with Crippen molar-refractivity contribution in [3.05, 3.63) is 23.8 Å². The van der Waals surface area contributed by atoms with E-state index in [-0.39, 0.29) is 0 Å². The fourth-order valence-electron chi connectivity index (χ4n) is 1.60. The maximum absolute atomic E-state index is 8.50. The quantitative estimate of drug-likeness (QED) is 0.602. The molecule has 0 N–H and O–H groups in total. The number of nitrogens with zero attached hydrogens (tertiary/aromatic N) is 3. The van der Waals surface area contributed by atoms with Crippen molar-refractivity contribution in [2.24, 2.45) is 7.05 Å². The third kappa shape index (κ3) is 2.05. The number of fused-ring (bicyclic) bond motifs is 1. The van der Waals surface area contributed by atoms with E-state index in [0.717, 1.165) is 21.9 Å². The highest BCUT2D eigenvalue weighted by atomic mass is 32.2. The average molecular weight is 231 g/mol. The van der Waals surface area contributed by atoms with Crippen LogP contribution < -0.4 is 0 Å². The second kappa shape index (κ2) is 4.58. The van der Waals surface area contributed by atoms with Crippen molar-refractivity contribution in [2.45, 2.75) is 18.5 Å². The molecule has 0 amide bonds. The van der Waals surface area contributed by atoms with E-state index in [2.05, 4.69) is 40.7 Å². The van der Waals surface area contributed by atoms with E-state index in [1.807, 2.05) is 7.05 Å². The minimum Gasteiger partial charge on any atom is -0.322 e. The molecule has 0 fully saturated rings. The van der Waals surface area contributed by atoms with E-state index in [1.165, 1.54) is 5.56 Å². The van der Waals surface area contributed by atoms with Gasteiger partial charge in [0.2, 0.25) is 0 Å². The predicted octanol–water partition coefficient (Wildman–Crippen LogP) is 2.89. The summed E-state index contributed by atoms with van der Waals surface area (Å²) >= 11 is 1.63. The zero-order valence-corrected chi connectivity index (χ0v) is 10.2. The molecule has 82 valence electrons. The average Bonchev–Trinajstić information content (AvgIpc) is 2.56. The number of aromatic nitrogens is 2. The number of hydrogen-bond donors (Lipinski definition) is 0. The van der Waals surface area contributed by atoms with Gasteiger partial charge >= 0.3 is 0 Å². The van der Waals surface area contributed by atoms with Gasteiger partial charge in [-0.3, -0.25) is 0 Å². The van der Waals surface area contributed by atoms with Crippen molar-refractivity contribution in [1.29, 1.82) is 5.26 Å². The summed E-state index contributed by atoms with van der Waals surface area (Å²) in [5, 5.41) is 9.48. The van der Waals surface area contributed by atoms with Crippen LogP contribution in [0.3, 0.4) is 0 Å². The van der Waals surface area contributed by atoms with Crippen molar-refractivity contribution in [1.82, 2.24) is 9.55 Å². The maximum Gasteiger partial charge on any atom is 0.168 e. The van der Waals surface area contributed by atoms with Crippen molar-refractivity contribution in [3.8, 4) is 6.07 Å². The zero-order chi connectivity index (χ0) is 11.5. The van der Waals surface area contributed by atoms with Crippen LogP contribution in [0.15, 0.2) is 23.4 Å². The Morgan fingerprint density at radius 1 is 1.50 bits per heavy atom. The summed E-state index contributed by atoms with van der Waals surface area (Å²) < 4.78 is 2.08. The standard InChI is InChI=1S/C12H13N3S/c1-9-4-5-11-10(8-9)14-12(15(11)2)16-7-3-6-13/h4-5,8H,3,7H2,1-2H3. The van der Waals surface area contributed by atoms with E-state index in [4.69, 9.17) is 5.26 Å². The van der Waals surface area contributed by atoms with Crippen LogP contribution in [0.4, 0.5) is 0 Å². The fourth-order valence-corrected chi connectivity index (χ4v) is 2.44. The van der Waals surface area contributed by atoms with Gasteiger partial charge in [-0.1, -0.05) is 17.8 Å². The van der Waals surface area contributed by atoms with E-state index in [1.54, 1.807) is 11.8 Å². The zero-order valence-electron chi connectivity index (χ0n) is 9.40. The van der Waals surface area contributed by atoms with Gasteiger partial charge < -0.3 is 4.57 Å². The van der Waals surface area contributed by atoms with Crippen LogP contribution in [0.1, 0.15) is 12.0 Å². The molecule has 2 rings (SSSR count). The first-order chi connectivity index (χ1) is 7.72. The number of nitriles is 1. The predicted molar refractivity (Wildman–Crippen MR) is 66.4 cm³/mol. The van der Waals surface area contributed by atoms with E-state index >= 15 is 0 Å². The van der Waals surface area contributed by atoms with Gasteiger partial charge in [-0.15, -0.1) is 0 Å². The highest BCUT2D eigenvalue weighted by molar-refractivity contribution is 7.99. The van der Waals surface area contributed by atoms with Crippen molar-refractivity contribution in [2.75, 3.05) is 5.75 Å². The van der Waals surface area contributed by atoms with Crippen LogP contribution in [-0.4, -0.2) is 15.3 Å². The molecule has 0 saturated carbocycles. The third-order valence-electron chi connectivity index (χ3n) is 2.44. The van der Waals surface area contributed by atoms with Gasteiger partial charge in [0, 0.05) is 19.2 Å². The molecule has 0 saturated heterocycles. The molecule has 3 nitrogen and oxygen atoms in total. The lowest BCUT2D eigenvalue weighted by atomic mass is 10.2. The summed E-state index contributed by atoms with van der Waals surface area (Å²) in [5.74, 6) is 0.798. The summed E-state index contributed by atoms with van der Waals surface area (Å²) in [6.07, 6.45) is 0.562. The molecule has 1 aromatic carbocycles. The molecule has 0 aliphatic carbocycles. The summed E-state index contributed by atoms with van der Waals surface area (Å²) in [4.78, 5) is 4.56. The normalized spacial score (nSPS) is 10.6. The molecule has 0 aliphatic heterocycles. The molecule has 16 heavy (non-hydrogen) atoms. The van der Waals surface area contributed by atoms with Gasteiger partial charge in [-0.05, 0) is 24.6 Å². The van der Waals surface area contributed by atoms with Crippen LogP contribution >= 0.6 is 11.8 Å². The Kier molecular flexibility index (Phi) is 3.16. The highest BCUT2D eigenvalue weighted by Gasteiger charge is 2.07. The third-order valence-corrected chi connectivity index (χ3v) is 3.47. The van der Waals surface area contributed by atoms with Gasteiger partial charge in [0.25, 0.3) is 0 Å². The van der Waals surface area contributed by atoms with Gasteiger partial charge in [0.05, 0.1) is 17.1 Å². The van der Waals surface area contributed by atoms with Crippen molar-refractivity contribution < 1.29 is 0 Å². The van der Waals surface area contributed by atoms with Crippen LogP contribution in [-0.2, 0) is 7.05 Å². The summed E-state index contributed by atoms with van der Waals surface area (Å²) in [6.45, 7) is 2.07. The topological polar surface area (TPSA) is 41.6 Å². The summed E-state index contributed by atoms with van der Waals surface area (Å²) in [5.41, 5.74) is 3.39. The first-order valence-corrected chi connectivity index (χ1v) is 6.14. The van der Waals surface area contributed by atoms with E-state index < -0.39 is 0 Å². The number of hydrogen-bond acceptors (Lipinski definition) is 3. The number of thioether (sulfide) groups is 1. The van der Waals surface area contributed by atoms with Crippen molar-refractivity contribution >= 4 is 22.8 Å². The Labute approximate surface area is 99.1 Å². The molecular weight excluding hydrogens is 218 g/mol. The molecule has 0 radical (unpaired) electrons. The molecular formula is C12H13N3S. The number of rotatable bonds is 3. The molecule has 1 aromatic heterocycles. The van der Waals surface area contributed by atoms with E-state index in [0.29, 0.717) is 6.42 Å². The number of imidazole rings is 1. The Balaban J connectivity index is 2.33. The lowest BCUT2D eigenvalue weighted by Crippen LogP contribution is -1.91. The molecule has 0 aliphatic rings. The molecule has 0 atom stereocenters. The SMILES string of the molecule is Cc1ccc2c(c1)nc(SCCC#N)n2C. The number of aryl methyl sites for hydroxylation is 2. The van der Waals surface area contributed by atoms with Gasteiger partial charge in [0.1, 0.15) is 0 Å². The molecule has 0 unspecified atom stereocenters. The molecule has 1 heterocycles. The Hall–Kier alpha value is -1.47. The second-order valence-electron chi connectivity index (χ2n) is 3.70. The molecule has 4 heteroatoms. The highest BCUT2D eigenvalue weighted by Crippen LogP contribution is 2.23. The van der Waals surface area contributed by atoms with Crippen LogP contribution in [0.2, 0.25) is 0 Å². The summed E-state index contributed by atoms with van der Waals surface area (Å²) in [6, 6.07) is 8.41. The monoisotopic (exact) mass is 231 g/mol. The van der Waals surface area contributed by atoms with Crippen molar-refractivity contribution in [3.63, 3.8) is 0 Å². The largest absolute Gasteiger partial charge is 0.322 e. The minimum atomic E-state index is 0.562. The number of benzene rings is 1. The van der Waals surface area contributed by atoms with E-state index in [9.17, 15) is 0 Å². The van der Waals surface area contributed by atoms with Gasteiger partial charge in [-0.25, -0.2) is 4.98 Å².